The SMILES string of the molecule is CC1=C(C)C(c2ccccc2)Cc2oc3ccccc3c(=O)c21. The van der Waals surface area contributed by atoms with Crippen molar-refractivity contribution in [2.45, 2.75) is 26.2 Å². The van der Waals surface area contributed by atoms with Crippen molar-refractivity contribution in [1.29, 1.82) is 0 Å². The lowest BCUT2D eigenvalue weighted by Crippen LogP contribution is -2.20. The van der Waals surface area contributed by atoms with Gasteiger partial charge in [-0.05, 0) is 37.1 Å². The smallest absolute Gasteiger partial charge is 0.200 e. The van der Waals surface area contributed by atoms with Gasteiger partial charge in [-0.3, -0.25) is 4.79 Å². The molecule has 1 aromatic heterocycles. The average Bonchev–Trinajstić information content (AvgIpc) is 2.59. The van der Waals surface area contributed by atoms with Crippen LogP contribution in [-0.2, 0) is 6.42 Å². The normalized spacial score (nSPS) is 17.4. The van der Waals surface area contributed by atoms with E-state index in [4.69, 9.17) is 4.42 Å². The first kappa shape index (κ1) is 14.0. The van der Waals surface area contributed by atoms with Gasteiger partial charge in [0, 0.05) is 12.3 Å². The quantitative estimate of drug-likeness (QED) is 0.638. The first-order valence-electron chi connectivity index (χ1n) is 7.94. The third-order valence-electron chi connectivity index (χ3n) is 4.95. The van der Waals surface area contributed by atoms with Crippen LogP contribution in [0.2, 0.25) is 0 Å². The van der Waals surface area contributed by atoms with Crippen LogP contribution >= 0.6 is 0 Å². The minimum absolute atomic E-state index is 0.0882. The second-order valence-corrected chi connectivity index (χ2v) is 6.20. The molecule has 2 heteroatoms. The molecule has 1 unspecified atom stereocenters. The summed E-state index contributed by atoms with van der Waals surface area (Å²) in [6, 6.07) is 17.9. The predicted molar refractivity (Wildman–Crippen MR) is 93.6 cm³/mol. The number of para-hydroxylation sites is 1. The van der Waals surface area contributed by atoms with E-state index in [2.05, 4.69) is 31.2 Å². The Labute approximate surface area is 135 Å². The third-order valence-corrected chi connectivity index (χ3v) is 4.95. The average molecular weight is 302 g/mol. The largest absolute Gasteiger partial charge is 0.460 e. The Morgan fingerprint density at radius 1 is 0.957 bits per heavy atom. The van der Waals surface area contributed by atoms with Gasteiger partial charge in [0.25, 0.3) is 0 Å². The molecule has 4 rings (SSSR count). The molecule has 0 radical (unpaired) electrons. The Hall–Kier alpha value is -2.61. The zero-order chi connectivity index (χ0) is 16.0. The minimum atomic E-state index is 0.0882. The third kappa shape index (κ3) is 2.14. The Balaban J connectivity index is 1.97. The van der Waals surface area contributed by atoms with Crippen LogP contribution in [0.3, 0.4) is 0 Å². The topological polar surface area (TPSA) is 30.2 Å². The maximum absolute atomic E-state index is 12.9. The summed E-state index contributed by atoms with van der Waals surface area (Å²) in [5, 5.41) is 0.663. The molecule has 2 nitrogen and oxygen atoms in total. The fraction of sp³-hybridized carbons (Fsp3) is 0.190. The molecule has 114 valence electrons. The Morgan fingerprint density at radius 2 is 1.65 bits per heavy atom. The summed E-state index contributed by atoms with van der Waals surface area (Å²) in [4.78, 5) is 12.9. The van der Waals surface area contributed by atoms with Crippen molar-refractivity contribution in [1.82, 2.24) is 0 Å². The lowest BCUT2D eigenvalue weighted by atomic mass is 9.79. The first-order chi connectivity index (χ1) is 11.2. The van der Waals surface area contributed by atoms with Crippen LogP contribution in [0.25, 0.3) is 16.5 Å². The number of hydrogen-bond donors (Lipinski definition) is 0. The summed E-state index contributed by atoms with van der Waals surface area (Å²) in [7, 11) is 0. The van der Waals surface area contributed by atoms with Crippen LogP contribution in [0.15, 0.2) is 69.4 Å². The van der Waals surface area contributed by atoms with Crippen LogP contribution < -0.4 is 5.43 Å². The molecule has 0 spiro atoms. The van der Waals surface area contributed by atoms with Crippen molar-refractivity contribution < 1.29 is 4.42 Å². The van der Waals surface area contributed by atoms with Gasteiger partial charge in [0.2, 0.25) is 0 Å². The molecule has 1 atom stereocenters. The number of benzene rings is 2. The van der Waals surface area contributed by atoms with Crippen molar-refractivity contribution in [3.63, 3.8) is 0 Å². The molecule has 0 saturated carbocycles. The van der Waals surface area contributed by atoms with E-state index in [1.165, 1.54) is 11.1 Å². The molecule has 0 amide bonds. The van der Waals surface area contributed by atoms with E-state index < -0.39 is 0 Å². The second kappa shape index (κ2) is 5.24. The van der Waals surface area contributed by atoms with Crippen molar-refractivity contribution in [2.24, 2.45) is 0 Å². The molecule has 3 aromatic rings. The highest BCUT2D eigenvalue weighted by Crippen LogP contribution is 2.39. The Morgan fingerprint density at radius 3 is 2.43 bits per heavy atom. The Kier molecular flexibility index (Phi) is 3.19. The molecule has 1 heterocycles. The van der Waals surface area contributed by atoms with Gasteiger partial charge in [-0.15, -0.1) is 0 Å². The highest BCUT2D eigenvalue weighted by Gasteiger charge is 2.28. The summed E-state index contributed by atoms with van der Waals surface area (Å²) in [6.07, 6.45) is 0.739. The fourth-order valence-corrected chi connectivity index (χ4v) is 3.56. The number of rotatable bonds is 1. The second-order valence-electron chi connectivity index (χ2n) is 6.20. The number of allylic oxidation sites excluding steroid dienone is 2. The molecule has 0 N–H and O–H groups in total. The van der Waals surface area contributed by atoms with Crippen LogP contribution in [0.4, 0.5) is 0 Å². The molecule has 1 aliphatic rings. The van der Waals surface area contributed by atoms with Gasteiger partial charge in [-0.1, -0.05) is 48.0 Å². The van der Waals surface area contributed by atoms with Crippen LogP contribution in [0, 0.1) is 0 Å². The highest BCUT2D eigenvalue weighted by atomic mass is 16.3. The van der Waals surface area contributed by atoms with Crippen molar-refractivity contribution in [3.8, 4) is 0 Å². The molecule has 0 bridgehead atoms. The fourth-order valence-electron chi connectivity index (χ4n) is 3.56. The Bertz CT molecular complexity index is 978. The van der Waals surface area contributed by atoms with Crippen molar-refractivity contribution in [2.75, 3.05) is 0 Å². The monoisotopic (exact) mass is 302 g/mol. The van der Waals surface area contributed by atoms with Gasteiger partial charge in [0.15, 0.2) is 5.43 Å². The van der Waals surface area contributed by atoms with Gasteiger partial charge in [0.05, 0.1) is 10.9 Å². The van der Waals surface area contributed by atoms with E-state index in [-0.39, 0.29) is 11.3 Å². The molecular weight excluding hydrogens is 284 g/mol. The van der Waals surface area contributed by atoms with Gasteiger partial charge < -0.3 is 4.42 Å². The summed E-state index contributed by atoms with van der Waals surface area (Å²) in [5.41, 5.74) is 5.10. The van der Waals surface area contributed by atoms with Gasteiger partial charge in [-0.2, -0.15) is 0 Å². The van der Waals surface area contributed by atoms with Gasteiger partial charge in [-0.25, -0.2) is 0 Å². The molecule has 2 aromatic carbocycles. The minimum Gasteiger partial charge on any atom is -0.460 e. The van der Waals surface area contributed by atoms with Gasteiger partial charge in [0.1, 0.15) is 11.3 Å². The molecule has 1 aliphatic carbocycles. The number of fused-ring (bicyclic) bond motifs is 2. The van der Waals surface area contributed by atoms with E-state index in [1.807, 2.05) is 37.3 Å². The number of hydrogen-bond acceptors (Lipinski definition) is 2. The molecule has 0 aliphatic heterocycles. The van der Waals surface area contributed by atoms with E-state index in [1.54, 1.807) is 0 Å². The first-order valence-corrected chi connectivity index (χ1v) is 7.94. The van der Waals surface area contributed by atoms with E-state index in [9.17, 15) is 4.79 Å². The predicted octanol–water partition coefficient (Wildman–Crippen LogP) is 4.93. The van der Waals surface area contributed by atoms with E-state index in [0.29, 0.717) is 11.0 Å². The lowest BCUT2D eigenvalue weighted by Gasteiger charge is -2.26. The maximum Gasteiger partial charge on any atom is 0.200 e. The molecular formula is C21H18O2. The summed E-state index contributed by atoms with van der Waals surface area (Å²) in [6.45, 7) is 4.17. The summed E-state index contributed by atoms with van der Waals surface area (Å²) < 4.78 is 6.10. The highest BCUT2D eigenvalue weighted by molar-refractivity contribution is 5.83. The molecule has 0 fully saturated rings. The molecule has 23 heavy (non-hydrogen) atoms. The standard InChI is InChI=1S/C21H18O2/c1-13-14(2)20-19(12-17(13)15-8-4-3-5-9-15)23-18-11-7-6-10-16(18)21(20)22/h3-11,17H,12H2,1-2H3. The summed E-state index contributed by atoms with van der Waals surface area (Å²) in [5.74, 6) is 1.08. The van der Waals surface area contributed by atoms with Gasteiger partial charge >= 0.3 is 0 Å². The van der Waals surface area contributed by atoms with Crippen LogP contribution in [0.1, 0.15) is 36.7 Å². The molecule has 0 saturated heterocycles. The van der Waals surface area contributed by atoms with Crippen LogP contribution in [-0.4, -0.2) is 0 Å². The van der Waals surface area contributed by atoms with Crippen LogP contribution in [0.5, 0.6) is 0 Å². The van der Waals surface area contributed by atoms with E-state index in [0.717, 1.165) is 23.3 Å². The lowest BCUT2D eigenvalue weighted by molar-refractivity contribution is 0.511. The van der Waals surface area contributed by atoms with Crippen molar-refractivity contribution in [3.05, 3.63) is 87.3 Å². The van der Waals surface area contributed by atoms with Crippen molar-refractivity contribution >= 4 is 16.5 Å². The maximum atomic E-state index is 12.9. The summed E-state index contributed by atoms with van der Waals surface area (Å²) >= 11 is 0. The zero-order valence-corrected chi connectivity index (χ0v) is 13.3. The van der Waals surface area contributed by atoms with E-state index >= 15 is 0 Å². The zero-order valence-electron chi connectivity index (χ0n) is 13.3.